The highest BCUT2D eigenvalue weighted by Crippen LogP contribution is 2.18. The number of hydrogen-bond acceptors (Lipinski definition) is 8. The standard InChI is InChI=1S/C20H28N4O4/c1-14-9-17(28-15(14)2)12-21-11-16-10-18(27-13-20(3,4)25)23-19(22-16)24-5-7-26-8-6-24/h9-11,25H,5-8,12-13H2,1-4H3. The number of anilines is 1. The number of furan rings is 1. The molecule has 0 amide bonds. The minimum Gasteiger partial charge on any atom is -0.474 e. The Kier molecular flexibility index (Phi) is 6.31. The van der Waals surface area contributed by atoms with E-state index in [1.165, 1.54) is 0 Å². The highest BCUT2D eigenvalue weighted by atomic mass is 16.5. The van der Waals surface area contributed by atoms with Gasteiger partial charge < -0.3 is 23.9 Å². The third-order valence-electron chi connectivity index (χ3n) is 4.27. The van der Waals surface area contributed by atoms with Crippen molar-refractivity contribution < 1.29 is 19.0 Å². The lowest BCUT2D eigenvalue weighted by atomic mass is 10.2. The van der Waals surface area contributed by atoms with E-state index in [9.17, 15) is 5.11 Å². The van der Waals surface area contributed by atoms with Crippen LogP contribution in [-0.4, -0.2) is 59.8 Å². The van der Waals surface area contributed by atoms with E-state index in [-0.39, 0.29) is 6.61 Å². The van der Waals surface area contributed by atoms with Crippen molar-refractivity contribution in [2.45, 2.75) is 39.8 Å². The highest BCUT2D eigenvalue weighted by Gasteiger charge is 2.18. The molecule has 3 rings (SSSR count). The molecule has 1 fully saturated rings. The maximum absolute atomic E-state index is 9.93. The summed E-state index contributed by atoms with van der Waals surface area (Å²) in [6.07, 6.45) is 1.69. The number of aliphatic hydroxyl groups is 1. The first kappa shape index (κ1) is 20.3. The van der Waals surface area contributed by atoms with E-state index < -0.39 is 5.60 Å². The molecule has 1 aliphatic rings. The number of hydrogen-bond donors (Lipinski definition) is 1. The molecule has 152 valence electrons. The van der Waals surface area contributed by atoms with Gasteiger partial charge in [0.15, 0.2) is 0 Å². The molecular formula is C20H28N4O4. The first-order chi connectivity index (χ1) is 13.3. The van der Waals surface area contributed by atoms with Crippen LogP contribution in [-0.2, 0) is 11.3 Å². The van der Waals surface area contributed by atoms with E-state index in [1.54, 1.807) is 26.1 Å². The number of morpholine rings is 1. The van der Waals surface area contributed by atoms with Gasteiger partial charge in [-0.15, -0.1) is 0 Å². The molecule has 1 saturated heterocycles. The van der Waals surface area contributed by atoms with Gasteiger partial charge in [-0.05, 0) is 39.3 Å². The van der Waals surface area contributed by atoms with Gasteiger partial charge in [0.05, 0.1) is 31.1 Å². The fourth-order valence-electron chi connectivity index (χ4n) is 2.68. The smallest absolute Gasteiger partial charge is 0.229 e. The Morgan fingerprint density at radius 1 is 1.25 bits per heavy atom. The molecule has 2 aromatic rings. The average molecular weight is 388 g/mol. The van der Waals surface area contributed by atoms with Crippen molar-refractivity contribution in [2.24, 2.45) is 4.99 Å². The Bertz CT molecular complexity index is 801. The molecule has 0 saturated carbocycles. The van der Waals surface area contributed by atoms with Crippen molar-refractivity contribution in [1.29, 1.82) is 0 Å². The molecule has 28 heavy (non-hydrogen) atoms. The van der Waals surface area contributed by atoms with Crippen LogP contribution in [0.4, 0.5) is 5.95 Å². The molecule has 0 bridgehead atoms. The van der Waals surface area contributed by atoms with Crippen LogP contribution in [0.5, 0.6) is 5.88 Å². The minimum absolute atomic E-state index is 0.133. The second-order valence-electron chi connectivity index (χ2n) is 7.55. The Morgan fingerprint density at radius 2 is 2.00 bits per heavy atom. The lowest BCUT2D eigenvalue weighted by Gasteiger charge is -2.27. The molecule has 1 N–H and O–H groups in total. The summed E-state index contributed by atoms with van der Waals surface area (Å²) in [7, 11) is 0. The molecule has 8 heteroatoms. The van der Waals surface area contributed by atoms with E-state index >= 15 is 0 Å². The van der Waals surface area contributed by atoms with E-state index in [0.717, 1.165) is 30.2 Å². The van der Waals surface area contributed by atoms with Gasteiger partial charge in [0, 0.05) is 25.4 Å². The third kappa shape index (κ3) is 5.77. The molecule has 0 atom stereocenters. The summed E-state index contributed by atoms with van der Waals surface area (Å²) in [6, 6.07) is 3.71. The molecule has 0 aliphatic carbocycles. The number of ether oxygens (including phenoxy) is 2. The quantitative estimate of drug-likeness (QED) is 0.728. The van der Waals surface area contributed by atoms with Crippen molar-refractivity contribution in [1.82, 2.24) is 9.97 Å². The normalized spacial score (nSPS) is 15.4. The molecule has 3 heterocycles. The van der Waals surface area contributed by atoms with Gasteiger partial charge in [-0.1, -0.05) is 0 Å². The van der Waals surface area contributed by atoms with Gasteiger partial charge in [-0.2, -0.15) is 4.98 Å². The van der Waals surface area contributed by atoms with Gasteiger partial charge in [0.25, 0.3) is 0 Å². The van der Waals surface area contributed by atoms with Crippen LogP contribution in [0.15, 0.2) is 21.5 Å². The predicted molar refractivity (Wildman–Crippen MR) is 106 cm³/mol. The maximum Gasteiger partial charge on any atom is 0.229 e. The van der Waals surface area contributed by atoms with E-state index in [1.807, 2.05) is 19.9 Å². The first-order valence-electron chi connectivity index (χ1n) is 9.43. The Labute approximate surface area is 165 Å². The molecule has 0 unspecified atom stereocenters. The summed E-state index contributed by atoms with van der Waals surface area (Å²) in [4.78, 5) is 15.6. The SMILES string of the molecule is Cc1cc(CN=Cc2cc(OCC(C)(C)O)nc(N3CCOCC3)n2)oc1C. The van der Waals surface area contributed by atoms with Gasteiger partial charge in [-0.3, -0.25) is 4.99 Å². The second kappa shape index (κ2) is 8.70. The van der Waals surface area contributed by atoms with E-state index in [2.05, 4.69) is 19.9 Å². The van der Waals surface area contributed by atoms with Gasteiger partial charge in [-0.25, -0.2) is 4.98 Å². The van der Waals surface area contributed by atoms with Gasteiger partial charge in [0.1, 0.15) is 18.1 Å². The first-order valence-corrected chi connectivity index (χ1v) is 9.43. The minimum atomic E-state index is -0.951. The zero-order valence-corrected chi connectivity index (χ0v) is 16.9. The largest absolute Gasteiger partial charge is 0.474 e. The van der Waals surface area contributed by atoms with Gasteiger partial charge in [0.2, 0.25) is 11.8 Å². The van der Waals surface area contributed by atoms with Crippen LogP contribution in [0.1, 0.15) is 36.6 Å². The molecule has 0 aromatic carbocycles. The summed E-state index contributed by atoms with van der Waals surface area (Å²) in [5.41, 5.74) is 0.805. The van der Waals surface area contributed by atoms with Crippen LogP contribution in [0, 0.1) is 13.8 Å². The van der Waals surface area contributed by atoms with Crippen LogP contribution >= 0.6 is 0 Å². The molecule has 8 nitrogen and oxygen atoms in total. The Morgan fingerprint density at radius 3 is 2.64 bits per heavy atom. The van der Waals surface area contributed by atoms with Crippen molar-refractivity contribution >= 4 is 12.2 Å². The van der Waals surface area contributed by atoms with Gasteiger partial charge >= 0.3 is 0 Å². The molecule has 0 spiro atoms. The topological polar surface area (TPSA) is 93.2 Å². The molecule has 2 aromatic heterocycles. The van der Waals surface area contributed by atoms with Crippen LogP contribution < -0.4 is 9.64 Å². The van der Waals surface area contributed by atoms with E-state index in [4.69, 9.17) is 13.9 Å². The number of nitrogens with zero attached hydrogens (tertiary/aromatic N) is 4. The summed E-state index contributed by atoms with van der Waals surface area (Å²) in [5.74, 6) is 2.70. The molecule has 1 aliphatic heterocycles. The monoisotopic (exact) mass is 388 g/mol. The predicted octanol–water partition coefficient (Wildman–Crippen LogP) is 2.29. The summed E-state index contributed by atoms with van der Waals surface area (Å²) < 4.78 is 16.7. The van der Waals surface area contributed by atoms with E-state index in [0.29, 0.717) is 37.3 Å². The summed E-state index contributed by atoms with van der Waals surface area (Å²) in [5, 5.41) is 9.93. The summed E-state index contributed by atoms with van der Waals surface area (Å²) >= 11 is 0. The zero-order valence-electron chi connectivity index (χ0n) is 16.9. The third-order valence-corrected chi connectivity index (χ3v) is 4.27. The van der Waals surface area contributed by atoms with Crippen LogP contribution in [0.25, 0.3) is 0 Å². The summed E-state index contributed by atoms with van der Waals surface area (Å²) in [6.45, 7) is 10.6. The average Bonchev–Trinajstić information content (AvgIpc) is 2.98. The fourth-order valence-corrected chi connectivity index (χ4v) is 2.68. The maximum atomic E-state index is 9.93. The number of aromatic nitrogens is 2. The lowest BCUT2D eigenvalue weighted by Crippen LogP contribution is -2.37. The lowest BCUT2D eigenvalue weighted by molar-refractivity contribution is 0.0268. The second-order valence-corrected chi connectivity index (χ2v) is 7.55. The van der Waals surface area contributed by atoms with Crippen molar-refractivity contribution in [3.8, 4) is 5.88 Å². The van der Waals surface area contributed by atoms with Crippen molar-refractivity contribution in [3.63, 3.8) is 0 Å². The number of rotatable bonds is 7. The highest BCUT2D eigenvalue weighted by molar-refractivity contribution is 5.78. The Balaban J connectivity index is 1.78. The zero-order chi connectivity index (χ0) is 20.1. The number of aliphatic imine (C=N–C) groups is 1. The van der Waals surface area contributed by atoms with Crippen molar-refractivity contribution in [2.75, 3.05) is 37.8 Å². The van der Waals surface area contributed by atoms with Crippen molar-refractivity contribution in [3.05, 3.63) is 34.9 Å². The van der Waals surface area contributed by atoms with Crippen LogP contribution in [0.3, 0.4) is 0 Å². The van der Waals surface area contributed by atoms with Crippen LogP contribution in [0.2, 0.25) is 0 Å². The fraction of sp³-hybridized carbons (Fsp3) is 0.550. The number of aryl methyl sites for hydroxylation is 2. The Hall–Kier alpha value is -2.45. The molecular weight excluding hydrogens is 360 g/mol. The molecule has 0 radical (unpaired) electrons.